The Bertz CT molecular complexity index is 433. The van der Waals surface area contributed by atoms with E-state index in [0.29, 0.717) is 24.8 Å². The molecule has 19 heavy (non-hydrogen) atoms. The smallest absolute Gasteiger partial charge is 0.292 e. The molecular formula is C13H22ClN3O2. The maximum Gasteiger partial charge on any atom is 0.292 e. The summed E-state index contributed by atoms with van der Waals surface area (Å²) in [4.78, 5) is 14.1. The van der Waals surface area contributed by atoms with Crippen LogP contribution in [0.15, 0.2) is 10.6 Å². The van der Waals surface area contributed by atoms with E-state index in [-0.39, 0.29) is 30.3 Å². The second kappa shape index (κ2) is 6.39. The van der Waals surface area contributed by atoms with Crippen LogP contribution < -0.4 is 5.73 Å². The minimum Gasteiger partial charge on any atom is -0.351 e. The van der Waals surface area contributed by atoms with E-state index in [1.54, 1.807) is 6.07 Å². The standard InChI is InChI=1S/C13H21N3O2.ClH/c1-8(2)11-5-12(18-15-11)13(17)16-7-10(6-14)4-9(16)3;/h5,8-10H,4,6-7,14H2,1-3H3;1H. The first-order valence-corrected chi connectivity index (χ1v) is 6.50. The number of hydrogen-bond donors (Lipinski definition) is 1. The normalized spacial score (nSPS) is 22.7. The number of aromatic nitrogens is 1. The lowest BCUT2D eigenvalue weighted by molar-refractivity contribution is 0.0701. The molecule has 2 heterocycles. The van der Waals surface area contributed by atoms with Crippen molar-refractivity contribution in [3.8, 4) is 0 Å². The summed E-state index contributed by atoms with van der Waals surface area (Å²) in [5, 5.41) is 3.93. The van der Waals surface area contributed by atoms with Crippen molar-refractivity contribution in [3.63, 3.8) is 0 Å². The van der Waals surface area contributed by atoms with Gasteiger partial charge in [0.25, 0.3) is 5.91 Å². The van der Waals surface area contributed by atoms with Crippen LogP contribution in [0.3, 0.4) is 0 Å². The Labute approximate surface area is 119 Å². The van der Waals surface area contributed by atoms with Gasteiger partial charge in [-0.15, -0.1) is 12.4 Å². The number of carbonyl (C=O) groups is 1. The van der Waals surface area contributed by atoms with E-state index in [1.807, 2.05) is 25.7 Å². The van der Waals surface area contributed by atoms with Crippen LogP contribution in [-0.2, 0) is 0 Å². The molecule has 6 heteroatoms. The lowest BCUT2D eigenvalue weighted by Crippen LogP contribution is -2.34. The molecule has 1 aliphatic heterocycles. The summed E-state index contributed by atoms with van der Waals surface area (Å²) in [6.07, 6.45) is 0.966. The van der Waals surface area contributed by atoms with Crippen LogP contribution in [-0.4, -0.2) is 35.1 Å². The Balaban J connectivity index is 0.00000180. The highest BCUT2D eigenvalue weighted by atomic mass is 35.5. The van der Waals surface area contributed by atoms with E-state index in [0.717, 1.165) is 12.1 Å². The SMILES string of the molecule is CC(C)c1cc(C(=O)N2CC(CN)CC2C)on1.Cl. The topological polar surface area (TPSA) is 72.4 Å². The van der Waals surface area contributed by atoms with Gasteiger partial charge in [-0.25, -0.2) is 0 Å². The molecule has 2 atom stereocenters. The molecule has 0 radical (unpaired) electrons. The second-order valence-electron chi connectivity index (χ2n) is 5.41. The fraction of sp³-hybridized carbons (Fsp3) is 0.692. The van der Waals surface area contributed by atoms with Gasteiger partial charge in [-0.2, -0.15) is 0 Å². The summed E-state index contributed by atoms with van der Waals surface area (Å²) in [6, 6.07) is 1.97. The largest absolute Gasteiger partial charge is 0.351 e. The van der Waals surface area contributed by atoms with Gasteiger partial charge in [-0.05, 0) is 31.7 Å². The molecule has 0 aromatic carbocycles. The first-order valence-electron chi connectivity index (χ1n) is 6.50. The Morgan fingerprint density at radius 2 is 2.32 bits per heavy atom. The van der Waals surface area contributed by atoms with Gasteiger partial charge in [0, 0.05) is 18.7 Å². The highest BCUT2D eigenvalue weighted by molar-refractivity contribution is 5.91. The minimum atomic E-state index is -0.0714. The Morgan fingerprint density at radius 1 is 1.63 bits per heavy atom. The van der Waals surface area contributed by atoms with E-state index in [4.69, 9.17) is 10.3 Å². The molecule has 108 valence electrons. The van der Waals surface area contributed by atoms with Crippen molar-refractivity contribution in [3.05, 3.63) is 17.5 Å². The Hall–Kier alpha value is -1.07. The van der Waals surface area contributed by atoms with Gasteiger partial charge in [0.2, 0.25) is 5.76 Å². The van der Waals surface area contributed by atoms with Gasteiger partial charge in [0.15, 0.2) is 0 Å². The predicted molar refractivity (Wildman–Crippen MR) is 75.5 cm³/mol. The van der Waals surface area contributed by atoms with Crippen molar-refractivity contribution < 1.29 is 9.32 Å². The number of amides is 1. The Morgan fingerprint density at radius 3 is 2.79 bits per heavy atom. The number of carbonyl (C=O) groups excluding carboxylic acids is 1. The third kappa shape index (κ3) is 3.28. The van der Waals surface area contributed by atoms with Crippen LogP contribution in [0.4, 0.5) is 0 Å². The number of hydrogen-bond acceptors (Lipinski definition) is 4. The monoisotopic (exact) mass is 287 g/mol. The molecule has 0 bridgehead atoms. The van der Waals surface area contributed by atoms with Gasteiger partial charge in [-0.3, -0.25) is 4.79 Å². The number of nitrogens with two attached hydrogens (primary N) is 1. The van der Waals surface area contributed by atoms with Crippen molar-refractivity contribution >= 4 is 18.3 Å². The van der Waals surface area contributed by atoms with Crippen molar-refractivity contribution in [1.29, 1.82) is 0 Å². The molecule has 1 aromatic rings. The van der Waals surface area contributed by atoms with Crippen molar-refractivity contribution in [2.45, 2.75) is 39.2 Å². The van der Waals surface area contributed by atoms with E-state index in [1.165, 1.54) is 0 Å². The molecule has 2 rings (SSSR count). The highest BCUT2D eigenvalue weighted by Gasteiger charge is 2.33. The fourth-order valence-electron chi connectivity index (χ4n) is 2.40. The maximum absolute atomic E-state index is 12.3. The van der Waals surface area contributed by atoms with Gasteiger partial charge in [-0.1, -0.05) is 19.0 Å². The summed E-state index contributed by atoms with van der Waals surface area (Å²) in [6.45, 7) is 7.44. The van der Waals surface area contributed by atoms with E-state index < -0.39 is 0 Å². The number of rotatable bonds is 3. The molecule has 2 N–H and O–H groups in total. The molecule has 1 saturated heterocycles. The summed E-state index contributed by atoms with van der Waals surface area (Å²) < 4.78 is 5.14. The van der Waals surface area contributed by atoms with E-state index >= 15 is 0 Å². The molecule has 1 amide bonds. The van der Waals surface area contributed by atoms with E-state index in [2.05, 4.69) is 5.16 Å². The minimum absolute atomic E-state index is 0. The van der Waals surface area contributed by atoms with Gasteiger partial charge in [0.1, 0.15) is 0 Å². The van der Waals surface area contributed by atoms with Crippen LogP contribution in [0.2, 0.25) is 0 Å². The average Bonchev–Trinajstić information content (AvgIpc) is 2.94. The molecule has 0 spiro atoms. The molecule has 1 aromatic heterocycles. The quantitative estimate of drug-likeness (QED) is 0.923. The third-order valence-electron chi connectivity index (χ3n) is 3.59. The van der Waals surface area contributed by atoms with Crippen LogP contribution >= 0.6 is 12.4 Å². The van der Waals surface area contributed by atoms with Gasteiger partial charge in [0.05, 0.1) is 5.69 Å². The van der Waals surface area contributed by atoms with Crippen LogP contribution in [0.1, 0.15) is 49.4 Å². The van der Waals surface area contributed by atoms with Crippen LogP contribution in [0, 0.1) is 5.92 Å². The van der Waals surface area contributed by atoms with Crippen molar-refractivity contribution in [2.75, 3.05) is 13.1 Å². The fourth-order valence-corrected chi connectivity index (χ4v) is 2.40. The lowest BCUT2D eigenvalue weighted by Gasteiger charge is -2.19. The zero-order chi connectivity index (χ0) is 13.3. The summed E-state index contributed by atoms with van der Waals surface area (Å²) in [5.41, 5.74) is 6.49. The number of halogens is 1. The highest BCUT2D eigenvalue weighted by Crippen LogP contribution is 2.25. The molecule has 1 aliphatic rings. The first kappa shape index (κ1) is 16.0. The summed E-state index contributed by atoms with van der Waals surface area (Å²) in [5.74, 6) is 0.931. The zero-order valence-electron chi connectivity index (χ0n) is 11.6. The van der Waals surface area contributed by atoms with E-state index in [9.17, 15) is 4.79 Å². The van der Waals surface area contributed by atoms with Crippen LogP contribution in [0.25, 0.3) is 0 Å². The third-order valence-corrected chi connectivity index (χ3v) is 3.59. The van der Waals surface area contributed by atoms with Gasteiger partial charge < -0.3 is 15.2 Å². The zero-order valence-corrected chi connectivity index (χ0v) is 12.4. The maximum atomic E-state index is 12.3. The molecule has 0 aliphatic carbocycles. The number of nitrogens with zero attached hydrogens (tertiary/aromatic N) is 2. The first-order chi connectivity index (χ1) is 8.52. The van der Waals surface area contributed by atoms with Gasteiger partial charge >= 0.3 is 0 Å². The lowest BCUT2D eigenvalue weighted by atomic mass is 10.1. The van der Waals surface area contributed by atoms with Crippen LogP contribution in [0.5, 0.6) is 0 Å². The number of likely N-dealkylation sites (tertiary alicyclic amines) is 1. The molecular weight excluding hydrogens is 266 g/mol. The summed E-state index contributed by atoms with van der Waals surface area (Å²) >= 11 is 0. The summed E-state index contributed by atoms with van der Waals surface area (Å²) in [7, 11) is 0. The predicted octanol–water partition coefficient (Wildman–Crippen LogP) is 2.03. The second-order valence-corrected chi connectivity index (χ2v) is 5.41. The van der Waals surface area contributed by atoms with Crippen molar-refractivity contribution in [1.82, 2.24) is 10.1 Å². The average molecular weight is 288 g/mol. The molecule has 2 unspecified atom stereocenters. The molecule has 1 fully saturated rings. The van der Waals surface area contributed by atoms with Crippen molar-refractivity contribution in [2.24, 2.45) is 11.7 Å². The molecule has 5 nitrogen and oxygen atoms in total. The Kier molecular flexibility index (Phi) is 5.38. The molecule has 0 saturated carbocycles.